The van der Waals surface area contributed by atoms with E-state index in [0.717, 1.165) is 12.0 Å². The maximum absolute atomic E-state index is 13.1. The van der Waals surface area contributed by atoms with Gasteiger partial charge in [0.05, 0.1) is 0 Å². The number of cyclic esters (lactones) is 1. The molecule has 120 valence electrons. The fraction of sp³-hybridized carbons (Fsp3) is 0.579. The molecule has 0 aromatic carbocycles. The molecular weight excluding hydrogens is 276 g/mol. The molecule has 0 aromatic heterocycles. The van der Waals surface area contributed by atoms with E-state index < -0.39 is 5.41 Å². The van der Waals surface area contributed by atoms with Crippen molar-refractivity contribution in [2.45, 2.75) is 60.3 Å². The van der Waals surface area contributed by atoms with Gasteiger partial charge in [0.2, 0.25) is 0 Å². The zero-order chi connectivity index (χ0) is 16.5. The lowest BCUT2D eigenvalue weighted by Crippen LogP contribution is -2.51. The van der Waals surface area contributed by atoms with Crippen molar-refractivity contribution in [2.75, 3.05) is 0 Å². The van der Waals surface area contributed by atoms with E-state index in [0.29, 0.717) is 30.6 Å². The summed E-state index contributed by atoms with van der Waals surface area (Å²) in [5.74, 6) is 0.0677. The van der Waals surface area contributed by atoms with Crippen LogP contribution in [0.5, 0.6) is 0 Å². The number of rotatable bonds is 3. The lowest BCUT2D eigenvalue weighted by molar-refractivity contribution is -0.163. The van der Waals surface area contributed by atoms with Crippen molar-refractivity contribution < 1.29 is 14.3 Å². The summed E-state index contributed by atoms with van der Waals surface area (Å²) >= 11 is 0. The predicted molar refractivity (Wildman–Crippen MR) is 87.1 cm³/mol. The Morgan fingerprint density at radius 1 is 1.36 bits per heavy atom. The number of esters is 1. The highest BCUT2D eigenvalue weighted by atomic mass is 16.5. The van der Waals surface area contributed by atoms with Crippen molar-refractivity contribution in [2.24, 2.45) is 11.3 Å². The fourth-order valence-electron chi connectivity index (χ4n) is 3.66. The van der Waals surface area contributed by atoms with Crippen molar-refractivity contribution in [3.63, 3.8) is 0 Å². The molecule has 1 spiro atoms. The first-order chi connectivity index (χ1) is 10.3. The molecule has 0 fully saturated rings. The average Bonchev–Trinajstić information content (AvgIpc) is 2.47. The van der Waals surface area contributed by atoms with E-state index in [9.17, 15) is 9.59 Å². The van der Waals surface area contributed by atoms with Gasteiger partial charge in [-0.25, -0.2) is 0 Å². The summed E-state index contributed by atoms with van der Waals surface area (Å²) < 4.78 is 5.57. The molecule has 0 saturated heterocycles. The van der Waals surface area contributed by atoms with E-state index in [1.165, 1.54) is 5.57 Å². The van der Waals surface area contributed by atoms with Crippen LogP contribution in [0.4, 0.5) is 0 Å². The van der Waals surface area contributed by atoms with Crippen LogP contribution in [0, 0.1) is 11.3 Å². The Labute approximate surface area is 133 Å². The van der Waals surface area contributed by atoms with Gasteiger partial charge in [-0.1, -0.05) is 30.2 Å². The third-order valence-corrected chi connectivity index (χ3v) is 4.98. The molecule has 0 bridgehead atoms. The smallest absolute Gasteiger partial charge is 0.325 e. The SMILES string of the molecule is CCC1=C(C)C(=O)[C@]2(CCC=C(C)[C@@H]2CC=C(C)C)C(=O)O1. The maximum atomic E-state index is 13.1. The normalized spacial score (nSPS) is 28.6. The largest absolute Gasteiger partial charge is 0.430 e. The van der Waals surface area contributed by atoms with Crippen LogP contribution < -0.4 is 0 Å². The van der Waals surface area contributed by atoms with Crippen LogP contribution in [0.1, 0.15) is 60.3 Å². The first-order valence-corrected chi connectivity index (χ1v) is 8.11. The van der Waals surface area contributed by atoms with Crippen molar-refractivity contribution in [3.05, 3.63) is 34.6 Å². The highest BCUT2D eigenvalue weighted by molar-refractivity contribution is 6.15. The highest BCUT2D eigenvalue weighted by Crippen LogP contribution is 2.49. The summed E-state index contributed by atoms with van der Waals surface area (Å²) in [6, 6.07) is 0. The van der Waals surface area contributed by atoms with Gasteiger partial charge in [-0.2, -0.15) is 0 Å². The van der Waals surface area contributed by atoms with Gasteiger partial charge in [0.25, 0.3) is 0 Å². The zero-order valence-electron chi connectivity index (χ0n) is 14.3. The molecule has 2 atom stereocenters. The molecule has 3 heteroatoms. The van der Waals surface area contributed by atoms with E-state index in [2.05, 4.69) is 12.2 Å². The van der Waals surface area contributed by atoms with E-state index in [1.54, 1.807) is 6.92 Å². The number of carbonyl (C=O) groups excluding carboxylic acids is 2. The molecule has 0 amide bonds. The first-order valence-electron chi connectivity index (χ1n) is 8.11. The molecule has 0 radical (unpaired) electrons. The van der Waals surface area contributed by atoms with E-state index in [1.807, 2.05) is 27.7 Å². The van der Waals surface area contributed by atoms with Gasteiger partial charge in [-0.15, -0.1) is 0 Å². The third kappa shape index (κ3) is 2.57. The van der Waals surface area contributed by atoms with Crippen LogP contribution in [0.15, 0.2) is 34.6 Å². The zero-order valence-corrected chi connectivity index (χ0v) is 14.3. The minimum Gasteiger partial charge on any atom is -0.430 e. The third-order valence-electron chi connectivity index (χ3n) is 4.98. The van der Waals surface area contributed by atoms with Crippen LogP contribution in [0.3, 0.4) is 0 Å². The molecule has 0 N–H and O–H groups in total. The predicted octanol–water partition coefficient (Wildman–Crippen LogP) is 4.50. The Bertz CT molecular complexity index is 588. The quantitative estimate of drug-likeness (QED) is 0.438. The summed E-state index contributed by atoms with van der Waals surface area (Å²) in [5, 5.41) is 0. The molecule has 2 aliphatic rings. The molecule has 0 saturated carbocycles. The van der Waals surface area contributed by atoms with E-state index in [-0.39, 0.29) is 17.7 Å². The topological polar surface area (TPSA) is 43.4 Å². The molecular formula is C19H26O3. The lowest BCUT2D eigenvalue weighted by atomic mass is 9.60. The Morgan fingerprint density at radius 3 is 2.64 bits per heavy atom. The molecule has 22 heavy (non-hydrogen) atoms. The molecule has 3 nitrogen and oxygen atoms in total. The second-order valence-corrected chi connectivity index (χ2v) is 6.65. The maximum Gasteiger partial charge on any atom is 0.325 e. The molecule has 1 aliphatic carbocycles. The number of carbonyl (C=O) groups is 2. The second kappa shape index (κ2) is 6.23. The first kappa shape index (κ1) is 16.7. The molecule has 1 aliphatic heterocycles. The lowest BCUT2D eigenvalue weighted by Gasteiger charge is -2.43. The van der Waals surface area contributed by atoms with Crippen molar-refractivity contribution in [1.29, 1.82) is 0 Å². The number of hydrogen-bond donors (Lipinski definition) is 0. The summed E-state index contributed by atoms with van der Waals surface area (Å²) in [7, 11) is 0. The van der Waals surface area contributed by atoms with Gasteiger partial charge in [0.1, 0.15) is 11.2 Å². The fourth-order valence-corrected chi connectivity index (χ4v) is 3.66. The highest BCUT2D eigenvalue weighted by Gasteiger charge is 2.56. The number of Topliss-reactive ketones (excluding diaryl/α,β-unsaturated/α-hetero) is 1. The van der Waals surface area contributed by atoms with Crippen molar-refractivity contribution >= 4 is 11.8 Å². The van der Waals surface area contributed by atoms with Crippen LogP contribution in [-0.2, 0) is 14.3 Å². The Hall–Kier alpha value is -1.64. The summed E-state index contributed by atoms with van der Waals surface area (Å²) in [6.45, 7) is 9.80. The standard InChI is InChI=1S/C19H26O3/c1-6-16-14(5)17(20)19(18(21)22-16)11-7-8-13(4)15(19)10-9-12(2)3/h8-9,15H,6-7,10-11H2,1-5H3/t15-,19+/m0/s1. The minimum absolute atomic E-state index is 0.0276. The van der Waals surface area contributed by atoms with Gasteiger partial charge >= 0.3 is 5.97 Å². The Balaban J connectivity index is 2.52. The number of ether oxygens (including phenoxy) is 1. The summed E-state index contributed by atoms with van der Waals surface area (Å²) in [6.07, 6.45) is 6.87. The average molecular weight is 302 g/mol. The van der Waals surface area contributed by atoms with E-state index >= 15 is 0 Å². The van der Waals surface area contributed by atoms with Crippen LogP contribution >= 0.6 is 0 Å². The second-order valence-electron chi connectivity index (χ2n) is 6.65. The monoisotopic (exact) mass is 302 g/mol. The van der Waals surface area contributed by atoms with Crippen molar-refractivity contribution in [3.8, 4) is 0 Å². The van der Waals surface area contributed by atoms with Gasteiger partial charge in [0.15, 0.2) is 5.78 Å². The molecule has 1 heterocycles. The Morgan fingerprint density at radius 2 is 2.05 bits per heavy atom. The van der Waals surface area contributed by atoms with Gasteiger partial charge in [0, 0.05) is 17.9 Å². The number of allylic oxidation sites excluding steroid dienone is 6. The van der Waals surface area contributed by atoms with Gasteiger partial charge in [-0.3, -0.25) is 9.59 Å². The van der Waals surface area contributed by atoms with E-state index in [4.69, 9.17) is 4.74 Å². The molecule has 2 rings (SSSR count). The summed E-state index contributed by atoms with van der Waals surface area (Å²) in [5.41, 5.74) is 1.93. The molecule has 0 aromatic rings. The van der Waals surface area contributed by atoms with Crippen LogP contribution in [0.25, 0.3) is 0 Å². The number of hydrogen-bond acceptors (Lipinski definition) is 3. The van der Waals surface area contributed by atoms with Gasteiger partial charge in [-0.05, 0) is 47.0 Å². The Kier molecular flexibility index (Phi) is 4.74. The summed E-state index contributed by atoms with van der Waals surface area (Å²) in [4.78, 5) is 25.8. The van der Waals surface area contributed by atoms with Crippen LogP contribution in [0.2, 0.25) is 0 Å². The number of ketones is 1. The van der Waals surface area contributed by atoms with Crippen LogP contribution in [-0.4, -0.2) is 11.8 Å². The van der Waals surface area contributed by atoms with Gasteiger partial charge < -0.3 is 4.74 Å². The molecule has 0 unspecified atom stereocenters. The minimum atomic E-state index is -1.02. The van der Waals surface area contributed by atoms with Crippen molar-refractivity contribution in [1.82, 2.24) is 0 Å².